The predicted octanol–water partition coefficient (Wildman–Crippen LogP) is 5.75. The summed E-state index contributed by atoms with van der Waals surface area (Å²) < 4.78 is 16.0. The maximum Gasteiger partial charge on any atom is 0.331 e. The lowest BCUT2D eigenvalue weighted by Gasteiger charge is -2.18. The summed E-state index contributed by atoms with van der Waals surface area (Å²) in [6, 6.07) is 18.3. The van der Waals surface area contributed by atoms with Gasteiger partial charge < -0.3 is 10.6 Å². The SMILES string of the molecule is Cc1cc(N(S)C(=O)NCCc2ccc(Br)cc2)ccc1NC(=O)c1ccccc1F. The number of nitrogens with one attached hydrogen (secondary N) is 2. The summed E-state index contributed by atoms with van der Waals surface area (Å²) in [7, 11) is 0. The minimum atomic E-state index is -0.587. The van der Waals surface area contributed by atoms with Gasteiger partial charge in [0.1, 0.15) is 5.82 Å². The van der Waals surface area contributed by atoms with Gasteiger partial charge in [0.05, 0.1) is 11.3 Å². The van der Waals surface area contributed by atoms with E-state index in [4.69, 9.17) is 0 Å². The number of aryl methyl sites for hydroxylation is 1. The van der Waals surface area contributed by atoms with E-state index in [1.165, 1.54) is 22.5 Å². The van der Waals surface area contributed by atoms with Crippen molar-refractivity contribution in [3.8, 4) is 0 Å². The standard InChI is InChI=1S/C23H21BrFN3O2S/c1-15-14-18(10-11-21(15)27-22(29)19-4-2-3-5-20(19)25)28(31)23(30)26-13-12-16-6-8-17(24)9-7-16/h2-11,14,31H,12-13H2,1H3,(H,26,30)(H,27,29). The van der Waals surface area contributed by atoms with Gasteiger partial charge >= 0.3 is 6.03 Å². The molecule has 31 heavy (non-hydrogen) atoms. The number of hydrogen-bond acceptors (Lipinski definition) is 3. The van der Waals surface area contributed by atoms with Gasteiger partial charge in [-0.15, -0.1) is 0 Å². The quantitative estimate of drug-likeness (QED) is 0.376. The summed E-state index contributed by atoms with van der Waals surface area (Å²) in [5.41, 5.74) is 2.86. The molecule has 0 aliphatic rings. The molecule has 0 aromatic heterocycles. The van der Waals surface area contributed by atoms with Crippen molar-refractivity contribution >= 4 is 52.1 Å². The van der Waals surface area contributed by atoms with Crippen molar-refractivity contribution in [2.45, 2.75) is 13.3 Å². The van der Waals surface area contributed by atoms with E-state index in [0.717, 1.165) is 10.0 Å². The maximum atomic E-state index is 13.8. The number of benzene rings is 3. The Morgan fingerprint density at radius 3 is 2.45 bits per heavy atom. The van der Waals surface area contributed by atoms with Crippen LogP contribution in [0.5, 0.6) is 0 Å². The Hall–Kier alpha value is -2.84. The molecule has 0 radical (unpaired) electrons. The third kappa shape index (κ3) is 6.08. The van der Waals surface area contributed by atoms with Crippen LogP contribution in [0.2, 0.25) is 0 Å². The molecule has 0 unspecified atom stereocenters. The maximum absolute atomic E-state index is 13.8. The molecule has 5 nitrogen and oxygen atoms in total. The van der Waals surface area contributed by atoms with Gasteiger partial charge in [0.15, 0.2) is 0 Å². The molecule has 0 spiro atoms. The smallest absolute Gasteiger partial charge is 0.331 e. The Morgan fingerprint density at radius 2 is 1.77 bits per heavy atom. The highest BCUT2D eigenvalue weighted by molar-refractivity contribution is 9.10. The lowest BCUT2D eigenvalue weighted by molar-refractivity contribution is 0.102. The molecule has 0 fully saturated rings. The Balaban J connectivity index is 1.59. The van der Waals surface area contributed by atoms with Gasteiger partial charge in [-0.2, -0.15) is 0 Å². The van der Waals surface area contributed by atoms with Crippen LogP contribution in [0.3, 0.4) is 0 Å². The first kappa shape index (κ1) is 22.8. The van der Waals surface area contributed by atoms with Gasteiger partial charge in [0.2, 0.25) is 0 Å². The molecule has 0 heterocycles. The molecular formula is C23H21BrFN3O2S. The molecule has 3 rings (SSSR count). The second-order valence-electron chi connectivity index (χ2n) is 6.85. The first-order valence-electron chi connectivity index (χ1n) is 9.53. The third-order valence-electron chi connectivity index (χ3n) is 4.62. The number of halogens is 2. The van der Waals surface area contributed by atoms with E-state index < -0.39 is 11.7 Å². The van der Waals surface area contributed by atoms with E-state index in [1.54, 1.807) is 31.2 Å². The zero-order valence-corrected chi connectivity index (χ0v) is 19.2. The zero-order valence-electron chi connectivity index (χ0n) is 16.7. The molecule has 3 amide bonds. The van der Waals surface area contributed by atoms with Crippen LogP contribution in [-0.4, -0.2) is 18.5 Å². The average molecular weight is 502 g/mol. The molecule has 0 saturated heterocycles. The molecule has 0 atom stereocenters. The van der Waals surface area contributed by atoms with E-state index in [-0.39, 0.29) is 11.6 Å². The fourth-order valence-electron chi connectivity index (χ4n) is 2.91. The third-order valence-corrected chi connectivity index (χ3v) is 5.56. The summed E-state index contributed by atoms with van der Waals surface area (Å²) in [4.78, 5) is 24.7. The minimum absolute atomic E-state index is 0.0352. The van der Waals surface area contributed by atoms with Crippen LogP contribution in [0, 0.1) is 12.7 Å². The van der Waals surface area contributed by atoms with Crippen LogP contribution >= 0.6 is 28.7 Å². The second-order valence-corrected chi connectivity index (χ2v) is 8.17. The minimum Gasteiger partial charge on any atom is -0.337 e. The van der Waals surface area contributed by atoms with Gasteiger partial charge in [-0.1, -0.05) is 53.0 Å². The number of urea groups is 1. The lowest BCUT2D eigenvalue weighted by Crippen LogP contribution is -2.35. The fourth-order valence-corrected chi connectivity index (χ4v) is 3.37. The van der Waals surface area contributed by atoms with Crippen molar-refractivity contribution in [2.75, 3.05) is 16.2 Å². The molecule has 0 aliphatic heterocycles. The Morgan fingerprint density at radius 1 is 1.06 bits per heavy atom. The molecule has 0 saturated carbocycles. The Kier molecular flexibility index (Phi) is 7.70. The molecular weight excluding hydrogens is 481 g/mol. The van der Waals surface area contributed by atoms with Crippen LogP contribution in [0.25, 0.3) is 0 Å². The topological polar surface area (TPSA) is 61.4 Å². The molecule has 3 aromatic rings. The van der Waals surface area contributed by atoms with E-state index in [1.807, 2.05) is 24.3 Å². The number of thiol groups is 1. The number of anilines is 2. The summed E-state index contributed by atoms with van der Waals surface area (Å²) >= 11 is 7.68. The fraction of sp³-hybridized carbons (Fsp3) is 0.130. The second kappa shape index (κ2) is 10.5. The number of nitrogens with zero attached hydrogens (tertiary/aromatic N) is 1. The van der Waals surface area contributed by atoms with E-state index >= 15 is 0 Å². The normalized spacial score (nSPS) is 10.5. The largest absolute Gasteiger partial charge is 0.337 e. The van der Waals surface area contributed by atoms with Crippen molar-refractivity contribution in [1.82, 2.24) is 5.32 Å². The van der Waals surface area contributed by atoms with Crippen LogP contribution in [-0.2, 0) is 6.42 Å². The van der Waals surface area contributed by atoms with Crippen LogP contribution in [0.4, 0.5) is 20.6 Å². The molecule has 2 N–H and O–H groups in total. The summed E-state index contributed by atoms with van der Waals surface area (Å²) in [5.74, 6) is -1.13. The summed E-state index contributed by atoms with van der Waals surface area (Å²) in [6.07, 6.45) is 0.695. The highest BCUT2D eigenvalue weighted by atomic mass is 79.9. The summed E-state index contributed by atoms with van der Waals surface area (Å²) in [5, 5.41) is 5.52. The lowest BCUT2D eigenvalue weighted by atomic mass is 10.1. The van der Waals surface area contributed by atoms with Gasteiger partial charge in [0.25, 0.3) is 5.91 Å². The number of carbonyl (C=O) groups excluding carboxylic acids is 2. The number of carbonyl (C=O) groups is 2. The number of rotatable bonds is 6. The highest BCUT2D eigenvalue weighted by Crippen LogP contribution is 2.25. The van der Waals surface area contributed by atoms with Crippen molar-refractivity contribution in [3.05, 3.63) is 93.7 Å². The Labute approximate surface area is 194 Å². The van der Waals surface area contributed by atoms with E-state index in [2.05, 4.69) is 39.4 Å². The van der Waals surface area contributed by atoms with Crippen molar-refractivity contribution in [1.29, 1.82) is 0 Å². The van der Waals surface area contributed by atoms with E-state index in [0.29, 0.717) is 29.9 Å². The summed E-state index contributed by atoms with van der Waals surface area (Å²) in [6.45, 7) is 2.25. The monoisotopic (exact) mass is 501 g/mol. The van der Waals surface area contributed by atoms with Crippen LogP contribution in [0.1, 0.15) is 21.5 Å². The Bertz CT molecular complexity index is 1090. The van der Waals surface area contributed by atoms with Gasteiger partial charge in [-0.3, -0.25) is 4.79 Å². The van der Waals surface area contributed by atoms with Crippen molar-refractivity contribution in [2.24, 2.45) is 0 Å². The van der Waals surface area contributed by atoms with Gasteiger partial charge in [-0.25, -0.2) is 13.5 Å². The molecule has 3 aromatic carbocycles. The van der Waals surface area contributed by atoms with Crippen LogP contribution in [0.15, 0.2) is 71.2 Å². The highest BCUT2D eigenvalue weighted by Gasteiger charge is 2.15. The van der Waals surface area contributed by atoms with Gasteiger partial charge in [0, 0.05) is 16.7 Å². The number of hydrogen-bond donors (Lipinski definition) is 3. The van der Waals surface area contributed by atoms with E-state index in [9.17, 15) is 14.0 Å². The van der Waals surface area contributed by atoms with Crippen LogP contribution < -0.4 is 14.9 Å². The van der Waals surface area contributed by atoms with Crippen molar-refractivity contribution < 1.29 is 14.0 Å². The molecule has 160 valence electrons. The first-order valence-corrected chi connectivity index (χ1v) is 10.7. The molecule has 0 aliphatic carbocycles. The average Bonchev–Trinajstić information content (AvgIpc) is 2.76. The number of amides is 3. The molecule has 8 heteroatoms. The first-order chi connectivity index (χ1) is 14.8. The molecule has 0 bridgehead atoms. The van der Waals surface area contributed by atoms with Gasteiger partial charge in [-0.05, 0) is 66.9 Å². The van der Waals surface area contributed by atoms with Crippen molar-refractivity contribution in [3.63, 3.8) is 0 Å². The zero-order chi connectivity index (χ0) is 22.4. The predicted molar refractivity (Wildman–Crippen MR) is 128 cm³/mol.